The molecule has 212 valence electrons. The first-order valence-corrected chi connectivity index (χ1v) is 14.8. The summed E-state index contributed by atoms with van der Waals surface area (Å²) < 4.78 is 47.4. The third-order valence-corrected chi connectivity index (χ3v) is 10.0. The Morgan fingerprint density at radius 3 is 2.77 bits per heavy atom. The minimum Gasteiger partial charge on any atom is -0.468 e. The van der Waals surface area contributed by atoms with E-state index in [1.807, 2.05) is 30.3 Å². The molecule has 13 nitrogen and oxygen atoms in total. The minimum atomic E-state index is -3.73. The molecular formula is C23H31FN7O6PS. The molecule has 1 fully saturated rings. The van der Waals surface area contributed by atoms with E-state index in [2.05, 4.69) is 25.4 Å². The van der Waals surface area contributed by atoms with Crippen LogP contribution in [0, 0.1) is 0 Å². The van der Waals surface area contributed by atoms with E-state index < -0.39 is 50.2 Å². The Morgan fingerprint density at radius 1 is 1.38 bits per heavy atom. The van der Waals surface area contributed by atoms with Crippen LogP contribution in [-0.4, -0.2) is 80.8 Å². The first-order valence-electron chi connectivity index (χ1n) is 12.0. The molecule has 0 spiro atoms. The molecule has 1 aromatic carbocycles. The second-order valence-electron chi connectivity index (χ2n) is 9.06. The monoisotopic (exact) mass is 583 g/mol. The number of benzene rings is 1. The third-order valence-electron chi connectivity index (χ3n) is 6.18. The van der Waals surface area contributed by atoms with Gasteiger partial charge in [-0.05, 0) is 26.0 Å². The van der Waals surface area contributed by atoms with Crippen molar-refractivity contribution in [3.8, 4) is 0 Å². The number of fused-ring (bicyclic) bond motifs is 1. The fraction of sp³-hybridized carbons (Fsp3) is 0.478. The van der Waals surface area contributed by atoms with Gasteiger partial charge in [-0.3, -0.25) is 13.9 Å². The number of aromatic nitrogens is 4. The smallest absolute Gasteiger partial charge is 0.323 e. The van der Waals surface area contributed by atoms with Crippen LogP contribution in [0.25, 0.3) is 11.2 Å². The summed E-state index contributed by atoms with van der Waals surface area (Å²) >= 11 is 1.25. The Hall–Kier alpha value is -2.81. The third kappa shape index (κ3) is 6.18. The number of nitrogens with zero attached hydrogens (tertiary/aromatic N) is 4. The highest BCUT2D eigenvalue weighted by atomic mass is 32.2. The molecular weight excluding hydrogens is 552 g/mol. The molecule has 4 rings (SSSR count). The van der Waals surface area contributed by atoms with Gasteiger partial charge in [0.25, 0.3) is 7.52 Å². The van der Waals surface area contributed by atoms with Crippen molar-refractivity contribution in [3.05, 3.63) is 36.7 Å². The van der Waals surface area contributed by atoms with E-state index in [9.17, 15) is 14.5 Å². The number of aliphatic hydroxyl groups is 1. The van der Waals surface area contributed by atoms with Crippen molar-refractivity contribution in [2.75, 3.05) is 37.3 Å². The number of esters is 1. The number of carbonyl (C=O) groups excluding carboxylic acids is 1. The first kappa shape index (κ1) is 29.2. The predicted molar refractivity (Wildman–Crippen MR) is 144 cm³/mol. The van der Waals surface area contributed by atoms with Crippen molar-refractivity contribution in [1.29, 1.82) is 0 Å². The Morgan fingerprint density at radius 2 is 2.10 bits per heavy atom. The van der Waals surface area contributed by atoms with Gasteiger partial charge in [-0.2, -0.15) is 9.97 Å². The van der Waals surface area contributed by atoms with Crippen LogP contribution in [0.3, 0.4) is 0 Å². The molecule has 16 heteroatoms. The summed E-state index contributed by atoms with van der Waals surface area (Å²) in [4.78, 5) is 25.3. The summed E-state index contributed by atoms with van der Waals surface area (Å²) in [5.74, 6) is -0.348. The van der Waals surface area contributed by atoms with Gasteiger partial charge in [0, 0.05) is 11.9 Å². The van der Waals surface area contributed by atoms with Crippen LogP contribution in [0.4, 0.5) is 16.2 Å². The number of methoxy groups -OCH3 is 1. The Balaban J connectivity index is 1.54. The van der Waals surface area contributed by atoms with Crippen LogP contribution >= 0.6 is 19.3 Å². The topological polar surface area (TPSA) is 176 Å². The maximum Gasteiger partial charge on any atom is 0.323 e. The zero-order chi connectivity index (χ0) is 28.4. The van der Waals surface area contributed by atoms with Crippen molar-refractivity contribution >= 4 is 48.2 Å². The van der Waals surface area contributed by atoms with E-state index in [1.54, 1.807) is 7.05 Å². The number of hydrogen-bond acceptors (Lipinski definition) is 12. The Labute approximate surface area is 228 Å². The highest BCUT2D eigenvalue weighted by molar-refractivity contribution is 8.04. The standard InChI is InChI=1S/C23H31FN7O6PS/c1-13(20(33)35-4)30-38(34,12-39-14-8-6-5-7-9-14)36-10-15-17(32)23(2,24)21(37-15)31-11-27-16-18(26-3)28-22(25)29-19(16)31/h5-9,11,13,15,17,21,32H,10,12H2,1-4H3,(H,30,34)(H3,25,26,28,29)/t13-,15-,17-,21-,23-,38?/m1/s1. The summed E-state index contributed by atoms with van der Waals surface area (Å²) in [6.07, 6.45) is -2.91. The minimum absolute atomic E-state index is 0.0490. The molecule has 0 amide bonds. The molecule has 0 saturated carbocycles. The fourth-order valence-electron chi connectivity index (χ4n) is 4.14. The van der Waals surface area contributed by atoms with Gasteiger partial charge in [-0.1, -0.05) is 18.2 Å². The van der Waals surface area contributed by atoms with Gasteiger partial charge in [-0.25, -0.2) is 14.5 Å². The molecule has 3 aromatic rings. The van der Waals surface area contributed by atoms with E-state index >= 15 is 4.39 Å². The molecule has 5 N–H and O–H groups in total. The van der Waals surface area contributed by atoms with Gasteiger partial charge in [0.05, 0.1) is 25.5 Å². The van der Waals surface area contributed by atoms with E-state index in [1.165, 1.54) is 43.6 Å². The molecule has 0 radical (unpaired) electrons. The molecule has 0 bridgehead atoms. The van der Waals surface area contributed by atoms with Crippen LogP contribution in [-0.2, 0) is 23.4 Å². The molecule has 0 aliphatic carbocycles. The van der Waals surface area contributed by atoms with Gasteiger partial charge in [0.15, 0.2) is 28.9 Å². The largest absolute Gasteiger partial charge is 0.468 e. The van der Waals surface area contributed by atoms with Gasteiger partial charge in [0.2, 0.25) is 5.95 Å². The number of alkyl halides is 1. The average molecular weight is 584 g/mol. The fourth-order valence-corrected chi connectivity index (χ4v) is 7.52. The number of anilines is 2. The van der Waals surface area contributed by atoms with Crippen LogP contribution in [0.2, 0.25) is 0 Å². The second kappa shape index (κ2) is 11.7. The predicted octanol–water partition coefficient (Wildman–Crippen LogP) is 2.55. The molecule has 1 aliphatic rings. The molecule has 1 unspecified atom stereocenters. The molecule has 1 saturated heterocycles. The van der Waals surface area contributed by atoms with Crippen molar-refractivity contribution in [2.45, 2.75) is 48.9 Å². The van der Waals surface area contributed by atoms with Gasteiger partial charge < -0.3 is 30.2 Å². The molecule has 1 aliphatic heterocycles. The Bertz CT molecular complexity index is 1360. The number of nitrogen functional groups attached to an aromatic ring is 1. The number of ether oxygens (including phenoxy) is 2. The summed E-state index contributed by atoms with van der Waals surface area (Å²) in [5, 5.41) is 16.4. The van der Waals surface area contributed by atoms with E-state index in [0.29, 0.717) is 11.3 Å². The number of nitrogens with two attached hydrogens (primary N) is 1. The summed E-state index contributed by atoms with van der Waals surface area (Å²) in [7, 11) is -0.884. The second-order valence-corrected chi connectivity index (χ2v) is 12.7. The molecule has 3 heterocycles. The quantitative estimate of drug-likeness (QED) is 0.147. The number of carbonyl (C=O) groups is 1. The maximum atomic E-state index is 15.9. The normalized spacial score (nSPS) is 25.3. The number of imidazole rings is 1. The Kier molecular flexibility index (Phi) is 8.78. The van der Waals surface area contributed by atoms with Crippen molar-refractivity contribution in [1.82, 2.24) is 24.6 Å². The van der Waals surface area contributed by atoms with Crippen molar-refractivity contribution in [2.24, 2.45) is 0 Å². The summed E-state index contributed by atoms with van der Waals surface area (Å²) in [5.41, 5.74) is 3.99. The number of nitrogens with one attached hydrogen (secondary N) is 2. The lowest BCUT2D eigenvalue weighted by Crippen LogP contribution is -2.41. The molecule has 6 atom stereocenters. The first-order chi connectivity index (χ1) is 18.5. The van der Waals surface area contributed by atoms with E-state index in [-0.39, 0.29) is 17.1 Å². The molecule has 39 heavy (non-hydrogen) atoms. The highest BCUT2D eigenvalue weighted by Crippen LogP contribution is 2.50. The lowest BCUT2D eigenvalue weighted by atomic mass is 9.98. The van der Waals surface area contributed by atoms with Crippen molar-refractivity contribution < 1.29 is 32.9 Å². The average Bonchev–Trinajstić information content (AvgIpc) is 3.43. The van der Waals surface area contributed by atoms with Crippen molar-refractivity contribution in [3.63, 3.8) is 0 Å². The van der Waals surface area contributed by atoms with Crippen LogP contribution in [0.1, 0.15) is 20.1 Å². The highest BCUT2D eigenvalue weighted by Gasteiger charge is 2.56. The van der Waals surface area contributed by atoms with Crippen LogP contribution < -0.4 is 16.1 Å². The SMILES string of the molecule is CNc1nc(N)nc2c1ncn2[C@@H]1O[C@H](COP(=O)(CSc2ccccc2)N[C@H](C)C(=O)OC)[C@@H](O)[C@@]1(C)F. The van der Waals surface area contributed by atoms with Crippen LogP contribution in [0.5, 0.6) is 0 Å². The van der Waals surface area contributed by atoms with E-state index in [0.717, 1.165) is 4.90 Å². The number of halogens is 1. The lowest BCUT2D eigenvalue weighted by molar-refractivity contribution is -0.142. The van der Waals surface area contributed by atoms with Gasteiger partial charge >= 0.3 is 5.97 Å². The zero-order valence-corrected chi connectivity index (χ0v) is 23.5. The van der Waals surface area contributed by atoms with Gasteiger partial charge in [-0.15, -0.1) is 11.8 Å². The number of thioether (sulfide) groups is 1. The van der Waals surface area contributed by atoms with E-state index in [4.69, 9.17) is 19.7 Å². The maximum absolute atomic E-state index is 15.9. The van der Waals surface area contributed by atoms with Crippen LogP contribution in [0.15, 0.2) is 41.6 Å². The number of rotatable bonds is 11. The number of hydrogen-bond donors (Lipinski definition) is 4. The molecule has 2 aromatic heterocycles. The zero-order valence-electron chi connectivity index (χ0n) is 21.8. The lowest BCUT2D eigenvalue weighted by Gasteiger charge is -2.25. The summed E-state index contributed by atoms with van der Waals surface area (Å²) in [6.45, 7) is 2.23. The van der Waals surface area contributed by atoms with Gasteiger partial charge in [0.1, 0.15) is 18.2 Å². The summed E-state index contributed by atoms with van der Waals surface area (Å²) in [6, 6.07) is 8.25. The number of aliphatic hydroxyl groups excluding tert-OH is 1.